The zero-order chi connectivity index (χ0) is 17.8. The summed E-state index contributed by atoms with van der Waals surface area (Å²) in [7, 11) is 1.79. The molecule has 0 aliphatic carbocycles. The predicted molar refractivity (Wildman–Crippen MR) is 102 cm³/mol. The second-order valence-electron chi connectivity index (χ2n) is 7.28. The third-order valence-electron chi connectivity index (χ3n) is 5.32. The fourth-order valence-electron chi connectivity index (χ4n) is 4.01. The van der Waals surface area contributed by atoms with Crippen molar-refractivity contribution in [1.82, 2.24) is 14.9 Å². The average Bonchev–Trinajstić information content (AvgIpc) is 2.69. The van der Waals surface area contributed by atoms with Gasteiger partial charge < -0.3 is 14.4 Å². The van der Waals surface area contributed by atoms with Crippen LogP contribution in [0.5, 0.6) is 0 Å². The van der Waals surface area contributed by atoms with E-state index < -0.39 is 0 Å². The largest absolute Gasteiger partial charge is 0.384 e. The monoisotopic (exact) mass is 356 g/mol. The van der Waals surface area contributed by atoms with Crippen LogP contribution in [0.15, 0.2) is 24.3 Å². The van der Waals surface area contributed by atoms with Crippen LogP contribution < -0.4 is 4.90 Å². The van der Waals surface area contributed by atoms with E-state index >= 15 is 0 Å². The lowest BCUT2D eigenvalue weighted by molar-refractivity contribution is 0.0331. The molecule has 2 aromatic rings. The highest BCUT2D eigenvalue weighted by Gasteiger charge is 2.23. The number of fused-ring (bicyclic) bond motifs is 1. The van der Waals surface area contributed by atoms with Crippen molar-refractivity contribution in [3.63, 3.8) is 0 Å². The van der Waals surface area contributed by atoms with Crippen LogP contribution in [-0.4, -0.2) is 68.0 Å². The Balaban J connectivity index is 1.63. The van der Waals surface area contributed by atoms with Crippen LogP contribution in [0.2, 0.25) is 0 Å². The van der Waals surface area contributed by atoms with Crippen molar-refractivity contribution in [2.75, 3.05) is 58.0 Å². The first-order chi connectivity index (χ1) is 12.8. The van der Waals surface area contributed by atoms with E-state index in [1.165, 1.54) is 12.8 Å². The zero-order valence-corrected chi connectivity index (χ0v) is 15.6. The lowest BCUT2D eigenvalue weighted by Crippen LogP contribution is -2.38. The minimum Gasteiger partial charge on any atom is -0.384 e. The number of morpholine rings is 1. The van der Waals surface area contributed by atoms with Gasteiger partial charge >= 0.3 is 0 Å². The van der Waals surface area contributed by atoms with Gasteiger partial charge in [-0.15, -0.1) is 0 Å². The summed E-state index contributed by atoms with van der Waals surface area (Å²) in [6, 6.07) is 8.37. The van der Waals surface area contributed by atoms with Crippen molar-refractivity contribution < 1.29 is 9.47 Å². The van der Waals surface area contributed by atoms with Crippen LogP contribution >= 0.6 is 0 Å². The highest BCUT2D eigenvalue weighted by Crippen LogP contribution is 2.28. The van der Waals surface area contributed by atoms with Gasteiger partial charge in [-0.25, -0.2) is 9.97 Å². The summed E-state index contributed by atoms with van der Waals surface area (Å²) in [5.74, 6) is 2.57. The molecule has 1 aromatic heterocycles. The minimum atomic E-state index is 0.574. The Kier molecular flexibility index (Phi) is 5.62. The molecule has 6 heteroatoms. The second kappa shape index (κ2) is 8.29. The third-order valence-corrected chi connectivity index (χ3v) is 5.32. The molecule has 26 heavy (non-hydrogen) atoms. The van der Waals surface area contributed by atoms with E-state index in [1.54, 1.807) is 7.11 Å². The zero-order valence-electron chi connectivity index (χ0n) is 15.6. The van der Waals surface area contributed by atoms with Crippen molar-refractivity contribution in [3.05, 3.63) is 30.1 Å². The Labute approximate surface area is 155 Å². The van der Waals surface area contributed by atoms with E-state index in [9.17, 15) is 0 Å². The predicted octanol–water partition coefficient (Wildman–Crippen LogP) is 2.32. The van der Waals surface area contributed by atoms with Gasteiger partial charge in [0.15, 0.2) is 0 Å². The van der Waals surface area contributed by atoms with E-state index in [0.717, 1.165) is 75.1 Å². The Hall–Kier alpha value is -1.76. The Morgan fingerprint density at radius 2 is 2.00 bits per heavy atom. The molecule has 0 amide bonds. The second-order valence-corrected chi connectivity index (χ2v) is 7.28. The number of aromatic nitrogens is 2. The summed E-state index contributed by atoms with van der Waals surface area (Å²) >= 11 is 0. The Bertz CT molecular complexity index is 731. The van der Waals surface area contributed by atoms with E-state index in [0.29, 0.717) is 5.92 Å². The summed E-state index contributed by atoms with van der Waals surface area (Å²) in [5, 5.41) is 1.15. The molecule has 4 rings (SSSR count). The van der Waals surface area contributed by atoms with Gasteiger partial charge in [-0.3, -0.25) is 4.90 Å². The topological polar surface area (TPSA) is 50.7 Å². The summed E-state index contributed by atoms with van der Waals surface area (Å²) in [4.78, 5) is 14.6. The first kappa shape index (κ1) is 17.6. The number of hydrogen-bond acceptors (Lipinski definition) is 6. The molecule has 3 heterocycles. The molecule has 1 atom stereocenters. The first-order valence-corrected chi connectivity index (χ1v) is 9.63. The molecule has 140 valence electrons. The molecule has 0 bridgehead atoms. The van der Waals surface area contributed by atoms with Crippen molar-refractivity contribution in [2.24, 2.45) is 5.92 Å². The molecular formula is C20H28N4O2. The molecule has 1 unspecified atom stereocenters. The Morgan fingerprint density at radius 3 is 2.85 bits per heavy atom. The SMILES string of the molecule is COCC1CCCN(c2nc(CN3CCOCC3)nc3ccccc23)C1. The highest BCUT2D eigenvalue weighted by atomic mass is 16.5. The lowest BCUT2D eigenvalue weighted by atomic mass is 9.98. The van der Waals surface area contributed by atoms with E-state index in [1.807, 2.05) is 0 Å². The number of benzene rings is 1. The minimum absolute atomic E-state index is 0.574. The number of piperidine rings is 1. The molecule has 2 aliphatic heterocycles. The normalized spacial score (nSPS) is 22.0. The molecule has 2 aliphatic rings. The van der Waals surface area contributed by atoms with Gasteiger partial charge in [0.25, 0.3) is 0 Å². The number of para-hydroxylation sites is 1. The van der Waals surface area contributed by atoms with Gasteiger partial charge in [0.2, 0.25) is 0 Å². The van der Waals surface area contributed by atoms with Crippen molar-refractivity contribution >= 4 is 16.7 Å². The smallest absolute Gasteiger partial charge is 0.145 e. The standard InChI is InChI=1S/C20H28N4O2/c1-25-15-16-5-4-8-24(13-16)20-17-6-2-3-7-18(17)21-19(22-20)14-23-9-11-26-12-10-23/h2-3,6-7,16H,4-5,8-15H2,1H3. The maximum Gasteiger partial charge on any atom is 0.145 e. The number of nitrogens with zero attached hydrogens (tertiary/aromatic N) is 4. The van der Waals surface area contributed by atoms with Gasteiger partial charge in [0, 0.05) is 38.7 Å². The van der Waals surface area contributed by atoms with Crippen LogP contribution in [0.1, 0.15) is 18.7 Å². The number of methoxy groups -OCH3 is 1. The van der Waals surface area contributed by atoms with Gasteiger partial charge in [-0.05, 0) is 30.9 Å². The summed E-state index contributed by atoms with van der Waals surface area (Å²) in [6.07, 6.45) is 2.42. The van der Waals surface area contributed by atoms with Gasteiger partial charge in [0.1, 0.15) is 11.6 Å². The molecule has 0 spiro atoms. The van der Waals surface area contributed by atoms with E-state index in [-0.39, 0.29) is 0 Å². The summed E-state index contributed by atoms with van der Waals surface area (Å²) in [6.45, 7) is 7.16. The molecule has 0 saturated carbocycles. The van der Waals surface area contributed by atoms with E-state index in [2.05, 4.69) is 34.1 Å². The fourth-order valence-corrected chi connectivity index (χ4v) is 4.01. The first-order valence-electron chi connectivity index (χ1n) is 9.63. The van der Waals surface area contributed by atoms with Crippen LogP contribution in [0.25, 0.3) is 10.9 Å². The Morgan fingerprint density at radius 1 is 1.15 bits per heavy atom. The number of rotatable bonds is 5. The van der Waals surface area contributed by atoms with Crippen molar-refractivity contribution in [2.45, 2.75) is 19.4 Å². The van der Waals surface area contributed by atoms with Gasteiger partial charge in [0.05, 0.1) is 31.9 Å². The van der Waals surface area contributed by atoms with Crippen LogP contribution in [0, 0.1) is 5.92 Å². The average molecular weight is 356 g/mol. The molecular weight excluding hydrogens is 328 g/mol. The number of anilines is 1. The molecule has 1 aromatic carbocycles. The molecule has 2 saturated heterocycles. The lowest BCUT2D eigenvalue weighted by Gasteiger charge is -2.34. The number of hydrogen-bond donors (Lipinski definition) is 0. The summed E-state index contributed by atoms with van der Waals surface area (Å²) < 4.78 is 10.9. The maximum atomic E-state index is 5.46. The van der Waals surface area contributed by atoms with Crippen LogP contribution in [0.4, 0.5) is 5.82 Å². The van der Waals surface area contributed by atoms with Crippen molar-refractivity contribution in [1.29, 1.82) is 0 Å². The number of ether oxygens (including phenoxy) is 2. The van der Waals surface area contributed by atoms with E-state index in [4.69, 9.17) is 19.4 Å². The fraction of sp³-hybridized carbons (Fsp3) is 0.600. The van der Waals surface area contributed by atoms with Gasteiger partial charge in [-0.2, -0.15) is 0 Å². The maximum absolute atomic E-state index is 5.46. The summed E-state index contributed by atoms with van der Waals surface area (Å²) in [5.41, 5.74) is 1.04. The molecule has 0 radical (unpaired) electrons. The third kappa shape index (κ3) is 3.98. The van der Waals surface area contributed by atoms with Crippen LogP contribution in [0.3, 0.4) is 0 Å². The highest BCUT2D eigenvalue weighted by molar-refractivity contribution is 5.89. The van der Waals surface area contributed by atoms with Crippen molar-refractivity contribution in [3.8, 4) is 0 Å². The van der Waals surface area contributed by atoms with Gasteiger partial charge in [-0.1, -0.05) is 12.1 Å². The molecule has 0 N–H and O–H groups in total. The quantitative estimate of drug-likeness (QED) is 0.820. The van der Waals surface area contributed by atoms with Crippen LogP contribution in [-0.2, 0) is 16.0 Å². The molecule has 2 fully saturated rings. The molecule has 6 nitrogen and oxygen atoms in total.